The topological polar surface area (TPSA) is 45.8 Å². The predicted octanol–water partition coefficient (Wildman–Crippen LogP) is 4.68. The van der Waals surface area contributed by atoms with E-state index in [9.17, 15) is 4.79 Å². The molecule has 0 amide bonds. The third-order valence-corrected chi connectivity index (χ3v) is 4.44. The first-order chi connectivity index (χ1) is 9.66. The van der Waals surface area contributed by atoms with Crippen molar-refractivity contribution in [1.82, 2.24) is 10.2 Å². The molecule has 1 aromatic carbocycles. The third-order valence-electron chi connectivity index (χ3n) is 2.82. The number of hydrogen-bond acceptors (Lipinski definition) is 3. The summed E-state index contributed by atoms with van der Waals surface area (Å²) in [6.07, 6.45) is 1.60. The molecule has 6 heteroatoms. The predicted molar refractivity (Wildman–Crippen MR) is 81.8 cm³/mol. The lowest BCUT2D eigenvalue weighted by atomic mass is 10.0. The summed E-state index contributed by atoms with van der Waals surface area (Å²) < 4.78 is 0. The van der Waals surface area contributed by atoms with Gasteiger partial charge in [0.15, 0.2) is 5.78 Å². The smallest absolute Gasteiger partial charge is 0.196 e. The van der Waals surface area contributed by atoms with E-state index in [1.807, 2.05) is 17.5 Å². The molecule has 0 aliphatic carbocycles. The van der Waals surface area contributed by atoms with E-state index in [0.29, 0.717) is 26.9 Å². The van der Waals surface area contributed by atoms with Gasteiger partial charge >= 0.3 is 0 Å². The summed E-state index contributed by atoms with van der Waals surface area (Å²) in [6, 6.07) is 8.68. The second-order valence-electron chi connectivity index (χ2n) is 4.08. The summed E-state index contributed by atoms with van der Waals surface area (Å²) in [5, 5.41) is 9.62. The number of aromatic nitrogens is 2. The third kappa shape index (κ3) is 2.38. The fourth-order valence-electron chi connectivity index (χ4n) is 1.86. The minimum atomic E-state index is -0.138. The van der Waals surface area contributed by atoms with Crippen LogP contribution >= 0.6 is 34.5 Å². The zero-order valence-electron chi connectivity index (χ0n) is 10.1. The molecule has 3 nitrogen and oxygen atoms in total. The molecule has 0 bridgehead atoms. The molecular weight excluding hydrogens is 315 g/mol. The molecule has 0 unspecified atom stereocenters. The Morgan fingerprint density at radius 3 is 2.75 bits per heavy atom. The van der Waals surface area contributed by atoms with Crippen LogP contribution in [0, 0.1) is 0 Å². The van der Waals surface area contributed by atoms with Gasteiger partial charge in [0.25, 0.3) is 0 Å². The maximum atomic E-state index is 12.5. The summed E-state index contributed by atoms with van der Waals surface area (Å²) in [7, 11) is 0. The fourth-order valence-corrected chi connectivity index (χ4v) is 2.88. The van der Waals surface area contributed by atoms with Crippen LogP contribution in [0.1, 0.15) is 15.9 Å². The van der Waals surface area contributed by atoms with Crippen LogP contribution in [-0.2, 0) is 0 Å². The summed E-state index contributed by atoms with van der Waals surface area (Å²) in [6.45, 7) is 0. The number of ketones is 1. The zero-order valence-corrected chi connectivity index (χ0v) is 12.4. The maximum Gasteiger partial charge on any atom is 0.196 e. The molecule has 0 radical (unpaired) electrons. The van der Waals surface area contributed by atoms with Gasteiger partial charge in [-0.25, -0.2) is 0 Å². The number of H-pyrrole nitrogens is 1. The minimum Gasteiger partial charge on any atom is -0.288 e. The first-order valence-corrected chi connectivity index (χ1v) is 7.38. The van der Waals surface area contributed by atoms with Crippen molar-refractivity contribution in [2.75, 3.05) is 0 Å². The van der Waals surface area contributed by atoms with Crippen molar-refractivity contribution in [2.45, 2.75) is 0 Å². The van der Waals surface area contributed by atoms with Crippen LogP contribution in [0.25, 0.3) is 10.6 Å². The molecule has 3 aromatic rings. The molecule has 20 heavy (non-hydrogen) atoms. The Hall–Kier alpha value is -1.62. The highest BCUT2D eigenvalue weighted by Crippen LogP contribution is 2.29. The van der Waals surface area contributed by atoms with Crippen LogP contribution in [0.2, 0.25) is 10.0 Å². The van der Waals surface area contributed by atoms with Crippen LogP contribution in [0.5, 0.6) is 0 Å². The van der Waals surface area contributed by atoms with Crippen LogP contribution in [-0.4, -0.2) is 16.0 Å². The lowest BCUT2D eigenvalue weighted by Gasteiger charge is -2.02. The summed E-state index contributed by atoms with van der Waals surface area (Å²) in [4.78, 5) is 13.5. The molecule has 1 N–H and O–H groups in total. The zero-order chi connectivity index (χ0) is 14.1. The van der Waals surface area contributed by atoms with E-state index in [-0.39, 0.29) is 5.78 Å². The first-order valence-electron chi connectivity index (χ1n) is 5.74. The lowest BCUT2D eigenvalue weighted by Crippen LogP contribution is -2.01. The highest BCUT2D eigenvalue weighted by molar-refractivity contribution is 7.13. The van der Waals surface area contributed by atoms with Crippen LogP contribution in [0.3, 0.4) is 0 Å². The van der Waals surface area contributed by atoms with Gasteiger partial charge in [-0.2, -0.15) is 5.10 Å². The number of thiophene rings is 1. The van der Waals surface area contributed by atoms with Gasteiger partial charge in [0.2, 0.25) is 0 Å². The lowest BCUT2D eigenvalue weighted by molar-refractivity contribution is 0.103. The highest BCUT2D eigenvalue weighted by Gasteiger charge is 2.18. The molecule has 0 aliphatic heterocycles. The van der Waals surface area contributed by atoms with E-state index >= 15 is 0 Å². The largest absolute Gasteiger partial charge is 0.288 e. The van der Waals surface area contributed by atoms with Crippen LogP contribution in [0.4, 0.5) is 0 Å². The summed E-state index contributed by atoms with van der Waals surface area (Å²) in [5.74, 6) is -0.138. The average molecular weight is 323 g/mol. The van der Waals surface area contributed by atoms with Gasteiger partial charge in [0.1, 0.15) is 5.69 Å². The van der Waals surface area contributed by atoms with Crippen molar-refractivity contribution in [1.29, 1.82) is 0 Å². The molecule has 0 atom stereocenters. The van der Waals surface area contributed by atoms with Crippen molar-refractivity contribution in [3.63, 3.8) is 0 Å². The first kappa shape index (κ1) is 13.4. The standard InChI is InChI=1S/C14H8Cl2N2OS/c15-10-4-3-8(6-11(10)16)14(19)9-7-17-18-13(9)12-2-1-5-20-12/h1-7H,(H,17,18). The second-order valence-corrected chi connectivity index (χ2v) is 5.84. The number of aromatic amines is 1. The molecule has 3 rings (SSSR count). The molecule has 0 saturated heterocycles. The van der Waals surface area contributed by atoms with Gasteiger partial charge in [0.05, 0.1) is 20.5 Å². The number of carbonyl (C=O) groups is 1. The minimum absolute atomic E-state index is 0.138. The molecule has 2 aromatic heterocycles. The SMILES string of the molecule is O=C(c1ccc(Cl)c(Cl)c1)c1c[nH]nc1-c1cccs1. The molecule has 0 saturated carbocycles. The number of rotatable bonds is 3. The Labute approximate surface area is 129 Å². The van der Waals surface area contributed by atoms with Gasteiger partial charge in [0, 0.05) is 11.8 Å². The van der Waals surface area contributed by atoms with Gasteiger partial charge in [-0.05, 0) is 29.6 Å². The van der Waals surface area contributed by atoms with E-state index < -0.39 is 0 Å². The highest BCUT2D eigenvalue weighted by atomic mass is 35.5. The number of carbonyl (C=O) groups excluding carboxylic acids is 1. The van der Waals surface area contributed by atoms with Crippen LogP contribution in [0.15, 0.2) is 41.9 Å². The van der Waals surface area contributed by atoms with Crippen molar-refractivity contribution in [2.24, 2.45) is 0 Å². The Kier molecular flexibility index (Phi) is 3.61. The molecule has 0 spiro atoms. The molecule has 2 heterocycles. The number of halogens is 2. The number of nitrogens with zero attached hydrogens (tertiary/aromatic N) is 1. The van der Waals surface area contributed by atoms with Gasteiger partial charge in [-0.3, -0.25) is 9.89 Å². The van der Waals surface area contributed by atoms with Gasteiger partial charge in [-0.15, -0.1) is 11.3 Å². The van der Waals surface area contributed by atoms with Gasteiger partial charge in [-0.1, -0.05) is 29.3 Å². The van der Waals surface area contributed by atoms with Crippen molar-refractivity contribution in [3.05, 3.63) is 63.1 Å². The molecule has 100 valence electrons. The van der Waals surface area contributed by atoms with Crippen molar-refractivity contribution in [3.8, 4) is 10.6 Å². The normalized spacial score (nSPS) is 10.7. The molecular formula is C14H8Cl2N2OS. The number of nitrogens with one attached hydrogen (secondary N) is 1. The quantitative estimate of drug-likeness (QED) is 0.712. The Bertz CT molecular complexity index is 765. The maximum absolute atomic E-state index is 12.5. The number of benzene rings is 1. The summed E-state index contributed by atoms with van der Waals surface area (Å²) >= 11 is 13.3. The molecule has 0 fully saturated rings. The Balaban J connectivity index is 2.03. The number of hydrogen-bond donors (Lipinski definition) is 1. The molecule has 0 aliphatic rings. The summed E-state index contributed by atoms with van der Waals surface area (Å²) in [5.41, 5.74) is 1.65. The van der Waals surface area contributed by atoms with Crippen molar-refractivity contribution < 1.29 is 4.79 Å². The van der Waals surface area contributed by atoms with E-state index in [1.54, 1.807) is 24.4 Å². The van der Waals surface area contributed by atoms with E-state index in [4.69, 9.17) is 23.2 Å². The Morgan fingerprint density at radius 2 is 2.05 bits per heavy atom. The van der Waals surface area contributed by atoms with E-state index in [2.05, 4.69) is 10.2 Å². The second kappa shape index (κ2) is 5.40. The van der Waals surface area contributed by atoms with Gasteiger partial charge < -0.3 is 0 Å². The fraction of sp³-hybridized carbons (Fsp3) is 0. The monoisotopic (exact) mass is 322 g/mol. The average Bonchev–Trinajstić information content (AvgIpc) is 3.10. The van der Waals surface area contributed by atoms with E-state index in [1.165, 1.54) is 11.3 Å². The van der Waals surface area contributed by atoms with Crippen LogP contribution < -0.4 is 0 Å². The van der Waals surface area contributed by atoms with E-state index in [0.717, 1.165) is 4.88 Å². The Morgan fingerprint density at radius 1 is 1.20 bits per heavy atom. The van der Waals surface area contributed by atoms with Crippen molar-refractivity contribution >= 4 is 40.3 Å².